The van der Waals surface area contributed by atoms with Gasteiger partial charge in [-0.3, -0.25) is 0 Å². The molecule has 3 rings (SSSR count). The summed E-state index contributed by atoms with van der Waals surface area (Å²) in [6.45, 7) is 2.06. The van der Waals surface area contributed by atoms with Crippen molar-refractivity contribution >= 4 is 11.3 Å². The first-order chi connectivity index (χ1) is 10.1. The number of aromatic nitrogens is 1. The van der Waals surface area contributed by atoms with Gasteiger partial charge in [-0.05, 0) is 12.5 Å². The zero-order valence-electron chi connectivity index (χ0n) is 12.0. The van der Waals surface area contributed by atoms with Crippen molar-refractivity contribution in [3.05, 3.63) is 76.6 Å². The Morgan fingerprint density at radius 1 is 1.00 bits per heavy atom. The van der Waals surface area contributed by atoms with Crippen LogP contribution < -0.4 is 5.73 Å². The quantitative estimate of drug-likeness (QED) is 0.782. The van der Waals surface area contributed by atoms with Crippen LogP contribution in [0.2, 0.25) is 0 Å². The van der Waals surface area contributed by atoms with Gasteiger partial charge < -0.3 is 5.73 Å². The van der Waals surface area contributed by atoms with Crippen LogP contribution in [0.25, 0.3) is 11.3 Å². The molecule has 2 nitrogen and oxygen atoms in total. The van der Waals surface area contributed by atoms with Gasteiger partial charge >= 0.3 is 0 Å². The van der Waals surface area contributed by atoms with Gasteiger partial charge in [0.2, 0.25) is 0 Å². The van der Waals surface area contributed by atoms with Crippen molar-refractivity contribution in [3.63, 3.8) is 0 Å². The van der Waals surface area contributed by atoms with Gasteiger partial charge in [0.05, 0.1) is 10.7 Å². The van der Waals surface area contributed by atoms with E-state index in [0.29, 0.717) is 0 Å². The van der Waals surface area contributed by atoms with Crippen molar-refractivity contribution in [2.75, 3.05) is 0 Å². The van der Waals surface area contributed by atoms with E-state index in [-0.39, 0.29) is 0 Å². The van der Waals surface area contributed by atoms with Crippen molar-refractivity contribution in [2.24, 2.45) is 5.73 Å². The minimum Gasteiger partial charge on any atom is -0.321 e. The molecule has 21 heavy (non-hydrogen) atoms. The molecule has 1 unspecified atom stereocenters. The molecule has 1 atom stereocenters. The van der Waals surface area contributed by atoms with Crippen molar-refractivity contribution in [2.45, 2.75) is 18.9 Å². The molecule has 3 heteroatoms. The first-order valence-electron chi connectivity index (χ1n) is 6.99. The van der Waals surface area contributed by atoms with Gasteiger partial charge in [0.1, 0.15) is 0 Å². The van der Waals surface area contributed by atoms with Gasteiger partial charge in [0.25, 0.3) is 0 Å². The lowest BCUT2D eigenvalue weighted by molar-refractivity contribution is 0.490. The minimum absolute atomic E-state index is 0.396. The number of nitrogens with two attached hydrogens (primary N) is 1. The topological polar surface area (TPSA) is 38.9 Å². The normalized spacial score (nSPS) is 13.8. The second kappa shape index (κ2) is 5.80. The molecule has 106 valence electrons. The summed E-state index contributed by atoms with van der Waals surface area (Å²) in [6, 6.07) is 20.5. The Morgan fingerprint density at radius 2 is 1.62 bits per heavy atom. The highest BCUT2D eigenvalue weighted by atomic mass is 32.1. The number of hydrogen-bond acceptors (Lipinski definition) is 3. The fourth-order valence-corrected chi connectivity index (χ4v) is 3.34. The Hall–Kier alpha value is -1.97. The molecule has 0 radical (unpaired) electrons. The lowest BCUT2D eigenvalue weighted by Gasteiger charge is -2.24. The maximum Gasteiger partial charge on any atom is 0.0954 e. The Balaban J connectivity index is 1.82. The molecule has 2 N–H and O–H groups in total. The maximum absolute atomic E-state index is 6.48. The van der Waals surface area contributed by atoms with Gasteiger partial charge in [0, 0.05) is 22.9 Å². The molecule has 2 aromatic carbocycles. The van der Waals surface area contributed by atoms with Crippen molar-refractivity contribution in [3.8, 4) is 11.3 Å². The van der Waals surface area contributed by atoms with E-state index in [9.17, 15) is 0 Å². The third-order valence-corrected chi connectivity index (χ3v) is 4.42. The summed E-state index contributed by atoms with van der Waals surface area (Å²) >= 11 is 1.67. The predicted molar refractivity (Wildman–Crippen MR) is 89.2 cm³/mol. The van der Waals surface area contributed by atoms with Crippen LogP contribution in [0, 0.1) is 0 Å². The maximum atomic E-state index is 6.48. The number of rotatable bonds is 4. The van der Waals surface area contributed by atoms with Gasteiger partial charge in [-0.1, -0.05) is 60.7 Å². The second-order valence-electron chi connectivity index (χ2n) is 5.45. The van der Waals surface area contributed by atoms with Crippen molar-refractivity contribution in [1.29, 1.82) is 0 Å². The summed E-state index contributed by atoms with van der Waals surface area (Å²) in [7, 11) is 0. The van der Waals surface area contributed by atoms with Crippen LogP contribution in [-0.4, -0.2) is 4.98 Å². The number of nitrogens with zero attached hydrogens (tertiary/aromatic N) is 1. The highest BCUT2D eigenvalue weighted by Gasteiger charge is 2.23. The molecule has 0 aliphatic rings. The SMILES string of the molecule is CC(N)(Cc1nc(-c2ccccc2)cs1)c1ccccc1. The molecule has 1 heterocycles. The Labute approximate surface area is 129 Å². The molecule has 0 aliphatic carbocycles. The molecule has 1 aromatic heterocycles. The minimum atomic E-state index is -0.396. The number of hydrogen-bond donors (Lipinski definition) is 1. The van der Waals surface area contributed by atoms with Gasteiger partial charge in [-0.2, -0.15) is 0 Å². The van der Waals surface area contributed by atoms with Crippen LogP contribution in [0.5, 0.6) is 0 Å². The molecule has 0 amide bonds. The summed E-state index contributed by atoms with van der Waals surface area (Å²) in [4.78, 5) is 4.73. The van der Waals surface area contributed by atoms with Crippen LogP contribution in [-0.2, 0) is 12.0 Å². The van der Waals surface area contributed by atoms with Crippen LogP contribution in [0.1, 0.15) is 17.5 Å². The smallest absolute Gasteiger partial charge is 0.0954 e. The molecule has 0 aliphatic heterocycles. The predicted octanol–water partition coefficient (Wildman–Crippen LogP) is 4.23. The molecule has 0 saturated heterocycles. The van der Waals surface area contributed by atoms with Crippen LogP contribution in [0.4, 0.5) is 0 Å². The molecule has 0 bridgehead atoms. The largest absolute Gasteiger partial charge is 0.321 e. The van der Waals surface area contributed by atoms with Gasteiger partial charge in [-0.15, -0.1) is 11.3 Å². The monoisotopic (exact) mass is 294 g/mol. The highest BCUT2D eigenvalue weighted by Crippen LogP contribution is 2.27. The molecular formula is C18H18N2S. The zero-order chi connectivity index (χ0) is 14.7. The van der Waals surface area contributed by atoms with Gasteiger partial charge in [-0.25, -0.2) is 4.98 Å². The molecular weight excluding hydrogens is 276 g/mol. The van der Waals surface area contributed by atoms with E-state index in [0.717, 1.165) is 28.2 Å². The highest BCUT2D eigenvalue weighted by molar-refractivity contribution is 7.09. The standard InChI is InChI=1S/C18H18N2S/c1-18(19,15-10-6-3-7-11-15)12-17-20-16(13-21-17)14-8-4-2-5-9-14/h2-11,13H,12,19H2,1H3. The van der Waals surface area contributed by atoms with E-state index in [1.165, 1.54) is 0 Å². The molecule has 0 saturated carbocycles. The lowest BCUT2D eigenvalue weighted by atomic mass is 9.90. The van der Waals surface area contributed by atoms with E-state index < -0.39 is 5.54 Å². The molecule has 0 spiro atoms. The third-order valence-electron chi connectivity index (χ3n) is 3.57. The molecule has 0 fully saturated rings. The summed E-state index contributed by atoms with van der Waals surface area (Å²) in [5, 5.41) is 3.17. The number of thiazole rings is 1. The van der Waals surface area contributed by atoms with E-state index >= 15 is 0 Å². The first kappa shape index (κ1) is 14.0. The summed E-state index contributed by atoms with van der Waals surface area (Å²) < 4.78 is 0. The van der Waals surface area contributed by atoms with Crippen LogP contribution >= 0.6 is 11.3 Å². The summed E-state index contributed by atoms with van der Waals surface area (Å²) in [5.41, 5.74) is 9.41. The summed E-state index contributed by atoms with van der Waals surface area (Å²) in [5.74, 6) is 0. The van der Waals surface area contributed by atoms with Crippen LogP contribution in [0.3, 0.4) is 0 Å². The zero-order valence-corrected chi connectivity index (χ0v) is 12.8. The Morgan fingerprint density at radius 3 is 2.29 bits per heavy atom. The second-order valence-corrected chi connectivity index (χ2v) is 6.40. The number of benzene rings is 2. The van der Waals surface area contributed by atoms with E-state index in [2.05, 4.69) is 36.6 Å². The van der Waals surface area contributed by atoms with E-state index in [1.807, 2.05) is 36.4 Å². The van der Waals surface area contributed by atoms with Crippen molar-refractivity contribution in [1.82, 2.24) is 4.98 Å². The molecule has 3 aromatic rings. The Bertz CT molecular complexity index is 702. The average molecular weight is 294 g/mol. The summed E-state index contributed by atoms with van der Waals surface area (Å²) in [6.07, 6.45) is 0.745. The van der Waals surface area contributed by atoms with E-state index in [4.69, 9.17) is 10.7 Å². The average Bonchev–Trinajstić information content (AvgIpc) is 2.97. The van der Waals surface area contributed by atoms with Gasteiger partial charge in [0.15, 0.2) is 0 Å². The first-order valence-corrected chi connectivity index (χ1v) is 7.87. The van der Waals surface area contributed by atoms with Crippen LogP contribution in [0.15, 0.2) is 66.0 Å². The Kier molecular flexibility index (Phi) is 3.86. The van der Waals surface area contributed by atoms with Crippen molar-refractivity contribution < 1.29 is 0 Å². The van der Waals surface area contributed by atoms with E-state index in [1.54, 1.807) is 11.3 Å². The lowest BCUT2D eigenvalue weighted by Crippen LogP contribution is -2.35. The fourth-order valence-electron chi connectivity index (χ4n) is 2.37. The third kappa shape index (κ3) is 3.20. The fraction of sp³-hybridized carbons (Fsp3) is 0.167.